The summed E-state index contributed by atoms with van der Waals surface area (Å²) in [6.45, 7) is 7.91. The molecule has 1 amide bonds. The molecule has 0 unspecified atom stereocenters. The van der Waals surface area contributed by atoms with Gasteiger partial charge in [0.2, 0.25) is 0 Å². The van der Waals surface area contributed by atoms with E-state index in [4.69, 9.17) is 10.5 Å². The Kier molecular flexibility index (Phi) is 5.66. The van der Waals surface area contributed by atoms with Crippen LogP contribution in [0.5, 0.6) is 0 Å². The van der Waals surface area contributed by atoms with Gasteiger partial charge >= 0.3 is 6.09 Å². The molecule has 18 heavy (non-hydrogen) atoms. The summed E-state index contributed by atoms with van der Waals surface area (Å²) in [6.07, 6.45) is 7.13. The van der Waals surface area contributed by atoms with Crippen LogP contribution in [-0.2, 0) is 4.74 Å². The van der Waals surface area contributed by atoms with E-state index in [9.17, 15) is 4.79 Å². The van der Waals surface area contributed by atoms with Gasteiger partial charge in [0.25, 0.3) is 0 Å². The Morgan fingerprint density at radius 2 is 1.94 bits per heavy atom. The van der Waals surface area contributed by atoms with Crippen molar-refractivity contribution in [2.75, 3.05) is 19.6 Å². The molecule has 2 N–H and O–H groups in total. The summed E-state index contributed by atoms with van der Waals surface area (Å²) in [4.78, 5) is 13.7. The number of ether oxygens (including phenoxy) is 1. The lowest BCUT2D eigenvalue weighted by Crippen LogP contribution is -2.41. The van der Waals surface area contributed by atoms with Crippen LogP contribution >= 0.6 is 0 Å². The molecular formula is C14H26N2O2. The summed E-state index contributed by atoms with van der Waals surface area (Å²) in [5.74, 6) is 0.673. The van der Waals surface area contributed by atoms with Crippen molar-refractivity contribution in [3.63, 3.8) is 0 Å². The first-order valence-corrected chi connectivity index (χ1v) is 6.75. The summed E-state index contributed by atoms with van der Waals surface area (Å²) in [5.41, 5.74) is 5.00. The van der Waals surface area contributed by atoms with Gasteiger partial charge < -0.3 is 15.4 Å². The van der Waals surface area contributed by atoms with Crippen molar-refractivity contribution in [1.29, 1.82) is 0 Å². The van der Waals surface area contributed by atoms with Crippen LogP contribution in [0.2, 0.25) is 0 Å². The Balaban J connectivity index is 2.30. The first-order valence-electron chi connectivity index (χ1n) is 6.75. The number of carbonyl (C=O) groups is 1. The maximum absolute atomic E-state index is 11.9. The van der Waals surface area contributed by atoms with Crippen molar-refractivity contribution in [1.82, 2.24) is 4.90 Å². The summed E-state index contributed by atoms with van der Waals surface area (Å²) in [7, 11) is 0. The molecule has 104 valence electrons. The van der Waals surface area contributed by atoms with E-state index in [-0.39, 0.29) is 6.09 Å². The summed E-state index contributed by atoms with van der Waals surface area (Å²) >= 11 is 0. The quantitative estimate of drug-likeness (QED) is 0.787. The van der Waals surface area contributed by atoms with Gasteiger partial charge in [0.05, 0.1) is 0 Å². The highest BCUT2D eigenvalue weighted by atomic mass is 16.6. The lowest BCUT2D eigenvalue weighted by Gasteiger charge is -2.33. The zero-order valence-electron chi connectivity index (χ0n) is 11.8. The van der Waals surface area contributed by atoms with Gasteiger partial charge in [-0.1, -0.05) is 12.2 Å². The zero-order chi connectivity index (χ0) is 13.6. The SMILES string of the molecule is CC(C)(C)OC(=O)N1CCC(C/C=C/CN)CC1. The molecule has 4 heteroatoms. The molecule has 0 aliphatic carbocycles. The third kappa shape index (κ3) is 5.54. The lowest BCUT2D eigenvalue weighted by atomic mass is 9.93. The van der Waals surface area contributed by atoms with Crippen LogP contribution in [-0.4, -0.2) is 36.2 Å². The number of likely N-dealkylation sites (tertiary alicyclic amines) is 1. The lowest BCUT2D eigenvalue weighted by molar-refractivity contribution is 0.0185. The largest absolute Gasteiger partial charge is 0.444 e. The van der Waals surface area contributed by atoms with E-state index in [1.54, 1.807) is 0 Å². The fourth-order valence-corrected chi connectivity index (χ4v) is 2.06. The molecule has 1 fully saturated rings. The Labute approximate surface area is 110 Å². The van der Waals surface area contributed by atoms with Crippen LogP contribution in [0.25, 0.3) is 0 Å². The van der Waals surface area contributed by atoms with Gasteiger partial charge in [-0.15, -0.1) is 0 Å². The van der Waals surface area contributed by atoms with Crippen molar-refractivity contribution in [3.8, 4) is 0 Å². The first-order chi connectivity index (χ1) is 8.42. The predicted octanol–water partition coefficient (Wildman–Crippen LogP) is 2.54. The standard InChI is InChI=1S/C14H26N2O2/c1-14(2,3)18-13(17)16-10-7-12(8-11-16)6-4-5-9-15/h4-5,12H,6-11,15H2,1-3H3/b5-4+. The fourth-order valence-electron chi connectivity index (χ4n) is 2.06. The second kappa shape index (κ2) is 6.78. The number of nitrogens with zero attached hydrogens (tertiary/aromatic N) is 1. The molecule has 1 aliphatic rings. The zero-order valence-corrected chi connectivity index (χ0v) is 11.8. The topological polar surface area (TPSA) is 55.6 Å². The molecule has 0 radical (unpaired) electrons. The molecule has 0 aromatic heterocycles. The number of allylic oxidation sites excluding steroid dienone is 1. The normalized spacial score (nSPS) is 18.3. The van der Waals surface area contributed by atoms with E-state index in [1.165, 1.54) is 0 Å². The highest BCUT2D eigenvalue weighted by Gasteiger charge is 2.26. The minimum Gasteiger partial charge on any atom is -0.444 e. The van der Waals surface area contributed by atoms with Crippen molar-refractivity contribution in [2.45, 2.75) is 45.6 Å². The minimum atomic E-state index is -0.405. The molecule has 0 saturated carbocycles. The molecule has 0 atom stereocenters. The molecule has 1 aliphatic heterocycles. The predicted molar refractivity (Wildman–Crippen MR) is 73.3 cm³/mol. The third-order valence-electron chi connectivity index (χ3n) is 3.04. The van der Waals surface area contributed by atoms with Gasteiger partial charge in [-0.3, -0.25) is 0 Å². The Hall–Kier alpha value is -1.03. The Morgan fingerprint density at radius 1 is 1.33 bits per heavy atom. The van der Waals surface area contributed by atoms with E-state index in [0.717, 1.165) is 32.4 Å². The number of rotatable bonds is 3. The average molecular weight is 254 g/mol. The van der Waals surface area contributed by atoms with Gasteiger partial charge in [-0.05, 0) is 46.0 Å². The van der Waals surface area contributed by atoms with Crippen molar-refractivity contribution in [2.24, 2.45) is 11.7 Å². The first kappa shape index (κ1) is 15.0. The van der Waals surface area contributed by atoms with Gasteiger partial charge in [-0.25, -0.2) is 4.79 Å². The number of nitrogens with two attached hydrogens (primary N) is 1. The van der Waals surface area contributed by atoms with E-state index < -0.39 is 5.60 Å². The molecule has 4 nitrogen and oxygen atoms in total. The number of piperidine rings is 1. The molecule has 0 bridgehead atoms. The molecular weight excluding hydrogens is 228 g/mol. The molecule has 0 aromatic rings. The fraction of sp³-hybridized carbons (Fsp3) is 0.786. The van der Waals surface area contributed by atoms with Crippen molar-refractivity contribution >= 4 is 6.09 Å². The van der Waals surface area contributed by atoms with Crippen molar-refractivity contribution < 1.29 is 9.53 Å². The summed E-state index contributed by atoms with van der Waals surface area (Å²) in [6, 6.07) is 0. The number of amides is 1. The number of hydrogen-bond acceptors (Lipinski definition) is 3. The average Bonchev–Trinajstić information content (AvgIpc) is 2.28. The maximum Gasteiger partial charge on any atom is 0.410 e. The maximum atomic E-state index is 11.9. The van der Waals surface area contributed by atoms with Gasteiger partial charge in [0.1, 0.15) is 5.60 Å². The Bertz CT molecular complexity index is 287. The minimum absolute atomic E-state index is 0.182. The van der Waals surface area contributed by atoms with Gasteiger partial charge in [-0.2, -0.15) is 0 Å². The van der Waals surface area contributed by atoms with Crippen LogP contribution in [0.4, 0.5) is 4.79 Å². The van der Waals surface area contributed by atoms with Crippen LogP contribution < -0.4 is 5.73 Å². The van der Waals surface area contributed by atoms with E-state index in [0.29, 0.717) is 12.5 Å². The second-order valence-corrected chi connectivity index (χ2v) is 5.85. The number of hydrogen-bond donors (Lipinski definition) is 1. The van der Waals surface area contributed by atoms with Crippen LogP contribution in [0, 0.1) is 5.92 Å². The summed E-state index contributed by atoms with van der Waals surface area (Å²) < 4.78 is 5.37. The Morgan fingerprint density at radius 3 is 2.44 bits per heavy atom. The van der Waals surface area contributed by atoms with Crippen molar-refractivity contribution in [3.05, 3.63) is 12.2 Å². The third-order valence-corrected chi connectivity index (χ3v) is 3.04. The highest BCUT2D eigenvalue weighted by Crippen LogP contribution is 2.22. The van der Waals surface area contributed by atoms with Gasteiger partial charge in [0.15, 0.2) is 0 Å². The molecule has 0 aromatic carbocycles. The van der Waals surface area contributed by atoms with E-state index in [1.807, 2.05) is 31.7 Å². The van der Waals surface area contributed by atoms with Crippen LogP contribution in [0.3, 0.4) is 0 Å². The highest BCUT2D eigenvalue weighted by molar-refractivity contribution is 5.68. The summed E-state index contributed by atoms with van der Waals surface area (Å²) in [5, 5.41) is 0. The van der Waals surface area contributed by atoms with E-state index >= 15 is 0 Å². The second-order valence-electron chi connectivity index (χ2n) is 5.85. The van der Waals surface area contributed by atoms with Crippen LogP contribution in [0.15, 0.2) is 12.2 Å². The monoisotopic (exact) mass is 254 g/mol. The number of carbonyl (C=O) groups excluding carboxylic acids is 1. The molecule has 0 spiro atoms. The molecule has 1 saturated heterocycles. The van der Waals surface area contributed by atoms with Gasteiger partial charge in [0, 0.05) is 19.6 Å². The van der Waals surface area contributed by atoms with Crippen LogP contribution in [0.1, 0.15) is 40.0 Å². The smallest absolute Gasteiger partial charge is 0.410 e. The molecule has 1 heterocycles. The van der Waals surface area contributed by atoms with E-state index in [2.05, 4.69) is 6.08 Å². The molecule has 1 rings (SSSR count).